The van der Waals surface area contributed by atoms with Crippen LogP contribution < -0.4 is 28.4 Å². The zero-order valence-corrected chi connectivity index (χ0v) is 46.2. The summed E-state index contributed by atoms with van der Waals surface area (Å²) in [6.45, 7) is 13.5. The number of benzene rings is 4. The summed E-state index contributed by atoms with van der Waals surface area (Å²) in [6, 6.07) is 25.7. The molecule has 77 heavy (non-hydrogen) atoms. The maximum atomic E-state index is 13.8. The van der Waals surface area contributed by atoms with Crippen LogP contribution in [0.15, 0.2) is 91.0 Å². The van der Waals surface area contributed by atoms with Crippen molar-refractivity contribution in [1.29, 1.82) is 0 Å². The lowest BCUT2D eigenvalue weighted by molar-refractivity contribution is -0.145. The second-order valence-electron chi connectivity index (χ2n) is 24.0. The average Bonchev–Trinajstić information content (AvgIpc) is 3.88. The SMILES string of the molecule is CC(C)(C)C1CCC(C(=O)Oc2ccc(OC(=O)C3CCC(C(=O)Oc4ccc(OC(=O)C5CCC(C(=O)Oc6ccc(OC(=O)C7CCC(C(C)(C)C)CC7)cc6)CC5)c(-c5nc6ccccc6s5)c4)CC3)cc2)CC1. The van der Waals surface area contributed by atoms with E-state index in [1.165, 1.54) is 11.3 Å². The van der Waals surface area contributed by atoms with Gasteiger partial charge in [0, 0.05) is 0 Å². The van der Waals surface area contributed by atoms with Crippen LogP contribution in [0.2, 0.25) is 0 Å². The van der Waals surface area contributed by atoms with Gasteiger partial charge < -0.3 is 28.4 Å². The molecule has 0 radical (unpaired) electrons. The van der Waals surface area contributed by atoms with E-state index in [2.05, 4.69) is 41.5 Å². The van der Waals surface area contributed by atoms with Crippen LogP contribution in [0.25, 0.3) is 20.8 Å². The van der Waals surface area contributed by atoms with Gasteiger partial charge in [-0.2, -0.15) is 0 Å². The van der Waals surface area contributed by atoms with Crippen LogP contribution in [0.3, 0.4) is 0 Å². The van der Waals surface area contributed by atoms with E-state index in [0.29, 0.717) is 96.8 Å². The van der Waals surface area contributed by atoms with Gasteiger partial charge in [-0.1, -0.05) is 53.7 Å². The Hall–Kier alpha value is -6.41. The molecule has 4 saturated carbocycles. The van der Waals surface area contributed by atoms with Gasteiger partial charge in [0.25, 0.3) is 0 Å². The minimum atomic E-state index is -0.449. The third-order valence-electron chi connectivity index (χ3n) is 16.8. The number of esters is 6. The summed E-state index contributed by atoms with van der Waals surface area (Å²) in [4.78, 5) is 84.6. The van der Waals surface area contributed by atoms with Gasteiger partial charge in [0.15, 0.2) is 0 Å². The summed E-state index contributed by atoms with van der Waals surface area (Å²) < 4.78 is 35.8. The molecule has 4 aromatic carbocycles. The molecule has 0 saturated heterocycles. The molecule has 0 atom stereocenters. The van der Waals surface area contributed by atoms with E-state index in [9.17, 15) is 28.8 Å². The fraction of sp³-hybridized carbons (Fsp3) is 0.508. The van der Waals surface area contributed by atoms with E-state index in [0.717, 1.165) is 61.6 Å². The fourth-order valence-corrected chi connectivity index (χ4v) is 12.7. The first-order chi connectivity index (χ1) is 36.8. The normalized spacial score (nSPS) is 24.0. The van der Waals surface area contributed by atoms with Gasteiger partial charge in [0.05, 0.1) is 51.3 Å². The van der Waals surface area contributed by atoms with Gasteiger partial charge in [0.2, 0.25) is 0 Å². The first-order valence-corrected chi connectivity index (χ1v) is 28.6. The molecule has 0 aliphatic heterocycles. The number of ether oxygens (including phenoxy) is 6. The molecule has 0 unspecified atom stereocenters. The van der Waals surface area contributed by atoms with Crippen molar-refractivity contribution in [2.24, 2.45) is 58.2 Å². The lowest BCUT2D eigenvalue weighted by Crippen LogP contribution is -2.31. The molecule has 1 aromatic heterocycles. The van der Waals surface area contributed by atoms with Crippen molar-refractivity contribution in [3.63, 3.8) is 0 Å². The highest BCUT2D eigenvalue weighted by Gasteiger charge is 2.37. The largest absolute Gasteiger partial charge is 0.426 e. The highest BCUT2D eigenvalue weighted by Crippen LogP contribution is 2.44. The fourth-order valence-electron chi connectivity index (χ4n) is 11.7. The van der Waals surface area contributed by atoms with Crippen LogP contribution in [0.4, 0.5) is 0 Å². The quantitative estimate of drug-likeness (QED) is 0.0807. The van der Waals surface area contributed by atoms with Crippen molar-refractivity contribution in [3.8, 4) is 45.1 Å². The number of carbonyl (C=O) groups is 6. The van der Waals surface area contributed by atoms with Gasteiger partial charge >= 0.3 is 35.8 Å². The Kier molecular flexibility index (Phi) is 17.3. The van der Waals surface area contributed by atoms with Gasteiger partial charge in [-0.05, 0) is 204 Å². The average molecular weight is 1070 g/mol. The minimum absolute atomic E-state index is 0.114. The Labute approximate surface area is 456 Å². The number of nitrogens with zero attached hydrogens (tertiary/aromatic N) is 1. The highest BCUT2D eigenvalue weighted by atomic mass is 32.1. The second kappa shape index (κ2) is 24.1. The van der Waals surface area contributed by atoms with Gasteiger partial charge in [-0.25, -0.2) is 4.98 Å². The van der Waals surface area contributed by atoms with Crippen LogP contribution in [0.5, 0.6) is 34.5 Å². The van der Waals surface area contributed by atoms with E-state index in [1.54, 1.807) is 66.7 Å². The topological polar surface area (TPSA) is 171 Å². The van der Waals surface area contributed by atoms with E-state index in [4.69, 9.17) is 33.4 Å². The molecule has 0 bridgehead atoms. The summed E-state index contributed by atoms with van der Waals surface area (Å²) in [5.74, 6) is -0.633. The summed E-state index contributed by atoms with van der Waals surface area (Å²) in [7, 11) is 0. The Morgan fingerprint density at radius 1 is 0.390 bits per heavy atom. The van der Waals surface area contributed by atoms with Crippen molar-refractivity contribution in [2.75, 3.05) is 0 Å². The molecule has 9 rings (SSSR count). The molecule has 0 amide bonds. The predicted octanol–water partition coefficient (Wildman–Crippen LogP) is 14.1. The Morgan fingerprint density at radius 3 is 1.03 bits per heavy atom. The molecule has 4 aliphatic carbocycles. The van der Waals surface area contributed by atoms with Crippen LogP contribution >= 0.6 is 11.3 Å². The molecule has 408 valence electrons. The Balaban J connectivity index is 0.738. The lowest BCUT2D eigenvalue weighted by Gasteiger charge is -2.36. The Bertz CT molecular complexity index is 2870. The first kappa shape index (κ1) is 55.3. The lowest BCUT2D eigenvalue weighted by atomic mass is 9.70. The van der Waals surface area contributed by atoms with Crippen LogP contribution in [-0.2, 0) is 28.8 Å². The van der Waals surface area contributed by atoms with Crippen LogP contribution in [0, 0.1) is 58.2 Å². The second-order valence-corrected chi connectivity index (χ2v) is 25.1. The number of hydrogen-bond donors (Lipinski definition) is 0. The summed E-state index contributed by atoms with van der Waals surface area (Å²) in [6.07, 6.45) is 10.9. The molecule has 4 aliphatic rings. The number of thiazole rings is 1. The number of aromatic nitrogens is 1. The third-order valence-corrected chi connectivity index (χ3v) is 17.9. The zero-order chi connectivity index (χ0) is 54.4. The molecule has 5 aromatic rings. The van der Waals surface area contributed by atoms with Crippen molar-refractivity contribution in [1.82, 2.24) is 4.98 Å². The number of hydrogen-bond acceptors (Lipinski definition) is 14. The monoisotopic (exact) mass is 1070 g/mol. The van der Waals surface area contributed by atoms with E-state index < -0.39 is 29.7 Å². The van der Waals surface area contributed by atoms with Crippen molar-refractivity contribution >= 4 is 57.4 Å². The van der Waals surface area contributed by atoms with Crippen LogP contribution in [0.1, 0.15) is 144 Å². The van der Waals surface area contributed by atoms with Crippen molar-refractivity contribution in [2.45, 2.75) is 144 Å². The predicted molar refractivity (Wildman–Crippen MR) is 292 cm³/mol. The van der Waals surface area contributed by atoms with E-state index in [-0.39, 0.29) is 64.0 Å². The number of rotatable bonds is 13. The molecular weight excluding hydrogens is 995 g/mol. The number of para-hydroxylation sites is 1. The molecule has 1 heterocycles. The van der Waals surface area contributed by atoms with Crippen molar-refractivity contribution in [3.05, 3.63) is 91.0 Å². The summed E-state index contributed by atoms with van der Waals surface area (Å²) in [5, 5.41) is 0.589. The maximum Gasteiger partial charge on any atom is 0.314 e. The van der Waals surface area contributed by atoms with Gasteiger partial charge in [-0.15, -0.1) is 11.3 Å². The molecule has 0 N–H and O–H groups in total. The van der Waals surface area contributed by atoms with Crippen LogP contribution in [-0.4, -0.2) is 40.8 Å². The minimum Gasteiger partial charge on any atom is -0.426 e. The number of fused-ring (bicyclic) bond motifs is 1. The molecule has 4 fully saturated rings. The van der Waals surface area contributed by atoms with Gasteiger partial charge in [0.1, 0.15) is 39.5 Å². The van der Waals surface area contributed by atoms with Crippen molar-refractivity contribution < 1.29 is 57.2 Å². The van der Waals surface area contributed by atoms with E-state index >= 15 is 0 Å². The third kappa shape index (κ3) is 14.2. The number of carbonyl (C=O) groups excluding carboxylic acids is 6. The smallest absolute Gasteiger partial charge is 0.314 e. The van der Waals surface area contributed by atoms with E-state index in [1.807, 2.05) is 24.3 Å². The maximum absolute atomic E-state index is 13.8. The molecule has 14 heteroatoms. The summed E-state index contributed by atoms with van der Waals surface area (Å²) in [5.41, 5.74) is 1.74. The first-order valence-electron chi connectivity index (χ1n) is 27.8. The summed E-state index contributed by atoms with van der Waals surface area (Å²) >= 11 is 1.43. The molecule has 0 spiro atoms. The van der Waals surface area contributed by atoms with Gasteiger partial charge in [-0.3, -0.25) is 28.8 Å². The molecule has 13 nitrogen and oxygen atoms in total. The zero-order valence-electron chi connectivity index (χ0n) is 45.3. The highest BCUT2D eigenvalue weighted by molar-refractivity contribution is 7.21. The molecular formula is C63H73NO12S. The standard InChI is InChI=1S/C63H73NO12S/c1-62(2,3)44-23-19-42(20-24-44)58(67)73-48-31-27-46(28-32-48)71-56(65)38-11-13-40(14-12-38)60(69)75-50-35-36-53(51(37-50)55-64-52-9-7-8-10-54(52)77-55)76-61(70)41-17-15-39(16-18-41)57(66)72-47-29-33-49(34-30-47)74-59(68)43-21-25-45(26-22-43)63(4,5)6/h7-10,27-45H,11-26H2,1-6H3. The Morgan fingerprint density at radius 2 is 0.688 bits per heavy atom.